The summed E-state index contributed by atoms with van der Waals surface area (Å²) in [5.74, 6) is -2.06. The first-order chi connectivity index (χ1) is 30.8. The normalized spacial score (nSPS) is 16.3. The number of ether oxygens (including phenoxy) is 6. The van der Waals surface area contributed by atoms with E-state index >= 15 is 0 Å². The van der Waals surface area contributed by atoms with Gasteiger partial charge in [-0.2, -0.15) is 0 Å². The lowest BCUT2D eigenvalue weighted by Crippen LogP contribution is -2.54. The third-order valence-corrected chi connectivity index (χ3v) is 10.2. The lowest BCUT2D eigenvalue weighted by Gasteiger charge is -2.31. The predicted octanol–water partition coefficient (Wildman–Crippen LogP) is 3.54. The van der Waals surface area contributed by atoms with Crippen molar-refractivity contribution in [2.75, 3.05) is 48.1 Å². The van der Waals surface area contributed by atoms with E-state index in [1.165, 1.54) is 35.3 Å². The number of fused-ring (bicyclic) bond motifs is 5. The highest BCUT2D eigenvalue weighted by Gasteiger charge is 2.35. The molecule has 0 aliphatic carbocycles. The minimum Gasteiger partial charge on any atom is -0.496 e. The van der Waals surface area contributed by atoms with Gasteiger partial charge in [-0.05, 0) is 59.9 Å². The summed E-state index contributed by atoms with van der Waals surface area (Å²) in [5, 5.41) is 10.6. The second kappa shape index (κ2) is 23.2. The van der Waals surface area contributed by atoms with Crippen LogP contribution >= 0.6 is 0 Å². The maximum atomic E-state index is 14.3. The molecule has 5 amide bonds. The second-order valence-corrected chi connectivity index (χ2v) is 14.7. The minimum absolute atomic E-state index is 0.00328. The van der Waals surface area contributed by atoms with Crippen LogP contribution in [0.15, 0.2) is 91.0 Å². The number of carbonyl (C=O) groups excluding carboxylic acids is 6. The molecule has 5 rings (SSSR count). The molecule has 0 spiro atoms. The zero-order valence-corrected chi connectivity index (χ0v) is 36.3. The Labute approximate surface area is 371 Å². The molecular formula is C46H54N6O12. The van der Waals surface area contributed by atoms with Gasteiger partial charge in [0.1, 0.15) is 43.7 Å². The van der Waals surface area contributed by atoms with E-state index in [9.17, 15) is 28.8 Å². The van der Waals surface area contributed by atoms with Crippen molar-refractivity contribution in [2.24, 2.45) is 5.73 Å². The Morgan fingerprint density at radius 1 is 0.766 bits per heavy atom. The molecule has 4 atom stereocenters. The number of nitrogens with one attached hydrogen (secondary N) is 4. The molecule has 4 aromatic rings. The molecule has 340 valence electrons. The van der Waals surface area contributed by atoms with Gasteiger partial charge in [0, 0.05) is 31.1 Å². The molecule has 6 N–H and O–H groups in total. The number of carbonyl (C=O) groups is 6. The lowest BCUT2D eigenvalue weighted by molar-refractivity contribution is -0.145. The fraction of sp³-hybridized carbons (Fsp3) is 0.348. The molecule has 0 aromatic heterocycles. The molecule has 0 unspecified atom stereocenters. The average molecular weight is 883 g/mol. The molecule has 18 nitrogen and oxygen atoms in total. The summed E-state index contributed by atoms with van der Waals surface area (Å²) in [5.41, 5.74) is 9.61. The van der Waals surface area contributed by atoms with Crippen molar-refractivity contribution >= 4 is 35.9 Å². The fourth-order valence-corrected chi connectivity index (χ4v) is 6.88. The average Bonchev–Trinajstić information content (AvgIpc) is 3.30. The van der Waals surface area contributed by atoms with Crippen LogP contribution in [0.4, 0.5) is 9.59 Å². The Bertz CT molecular complexity index is 2260. The number of nitrogens with zero attached hydrogens (tertiary/aromatic N) is 1. The standard InChI is InChI=1S/C46H54N6O12/c1-28-41(53)51-36(44(56)61-5)23-31-22-34(40(60-4)38(24-31)62-21-20-49-46(58)64-27-30-14-10-7-11-15-30)33-25-32(16-17-37(33)59-3)39(42(54)50-28)52(2)43(55)35(47)18-19-48-45(57)63-26-29-12-8-6-9-13-29/h6-17,22,24-25,28,35-36,39H,18-21,23,26-27,47H2,1-5H3,(H,48,57)(H,49,58)(H,50,54)(H,51,53)/t28-,35-,36+,39+/m1/s1. The number of benzene rings is 4. The molecule has 1 aliphatic rings. The maximum Gasteiger partial charge on any atom is 0.407 e. The van der Waals surface area contributed by atoms with Crippen LogP contribution in [0.5, 0.6) is 17.2 Å². The highest BCUT2D eigenvalue weighted by atomic mass is 16.6. The smallest absolute Gasteiger partial charge is 0.407 e. The van der Waals surface area contributed by atoms with Crippen LogP contribution in [-0.4, -0.2) is 107 Å². The summed E-state index contributed by atoms with van der Waals surface area (Å²) in [7, 11) is 5.48. The largest absolute Gasteiger partial charge is 0.496 e. The summed E-state index contributed by atoms with van der Waals surface area (Å²) in [6.07, 6.45) is -1.42. The molecule has 4 aromatic carbocycles. The number of nitrogens with two attached hydrogens (primary N) is 1. The number of hydrogen-bond acceptors (Lipinski definition) is 13. The van der Waals surface area contributed by atoms with Crippen LogP contribution in [0.1, 0.15) is 41.6 Å². The number of hydrogen-bond donors (Lipinski definition) is 5. The van der Waals surface area contributed by atoms with Crippen molar-refractivity contribution < 1.29 is 57.2 Å². The molecule has 18 heteroatoms. The Kier molecular flexibility index (Phi) is 17.3. The SMILES string of the molecule is COC(=O)[C@@H]1Cc2cc(OCCNC(=O)OCc3ccccc3)c(OC)c(c2)-c2cc(ccc2OC)[C@H](N(C)C(=O)[C@H](N)CCNC(=O)OCc2ccccc2)C(=O)N[C@H](C)C(=O)N1. The number of amides is 5. The first-order valence-corrected chi connectivity index (χ1v) is 20.4. The van der Waals surface area contributed by atoms with E-state index in [4.69, 9.17) is 34.2 Å². The number of rotatable bonds is 16. The van der Waals surface area contributed by atoms with Gasteiger partial charge in [-0.15, -0.1) is 0 Å². The van der Waals surface area contributed by atoms with Gasteiger partial charge in [0.15, 0.2) is 11.5 Å². The highest BCUT2D eigenvalue weighted by molar-refractivity contribution is 5.95. The summed E-state index contributed by atoms with van der Waals surface area (Å²) < 4.78 is 33.5. The van der Waals surface area contributed by atoms with Crippen LogP contribution < -0.4 is 41.2 Å². The molecule has 0 saturated heterocycles. The van der Waals surface area contributed by atoms with Gasteiger partial charge in [0.25, 0.3) is 0 Å². The van der Waals surface area contributed by atoms with Crippen LogP contribution in [0, 0.1) is 0 Å². The third-order valence-electron chi connectivity index (χ3n) is 10.2. The van der Waals surface area contributed by atoms with E-state index < -0.39 is 60.0 Å². The minimum atomic E-state index is -1.36. The van der Waals surface area contributed by atoms with Gasteiger partial charge in [-0.25, -0.2) is 14.4 Å². The van der Waals surface area contributed by atoms with Crippen molar-refractivity contribution in [1.29, 1.82) is 0 Å². The molecule has 0 saturated carbocycles. The van der Waals surface area contributed by atoms with Gasteiger partial charge in [0.05, 0.1) is 33.9 Å². The molecule has 4 bridgehead atoms. The van der Waals surface area contributed by atoms with E-state index in [1.54, 1.807) is 30.3 Å². The van der Waals surface area contributed by atoms with Gasteiger partial charge in [-0.3, -0.25) is 14.4 Å². The monoisotopic (exact) mass is 882 g/mol. The summed E-state index contributed by atoms with van der Waals surface area (Å²) >= 11 is 0. The maximum absolute atomic E-state index is 14.3. The Morgan fingerprint density at radius 2 is 1.39 bits per heavy atom. The van der Waals surface area contributed by atoms with Gasteiger partial charge < -0.3 is 60.3 Å². The lowest BCUT2D eigenvalue weighted by atomic mass is 9.93. The molecule has 0 radical (unpaired) electrons. The fourth-order valence-electron chi connectivity index (χ4n) is 6.88. The topological polar surface area (TPSA) is 235 Å². The van der Waals surface area contributed by atoms with E-state index in [2.05, 4.69) is 21.3 Å². The van der Waals surface area contributed by atoms with Crippen LogP contribution in [-0.2, 0) is 53.0 Å². The second-order valence-electron chi connectivity index (χ2n) is 14.7. The molecule has 64 heavy (non-hydrogen) atoms. The van der Waals surface area contributed by atoms with Crippen molar-refractivity contribution in [2.45, 2.75) is 57.1 Å². The van der Waals surface area contributed by atoms with Gasteiger partial charge in [0.2, 0.25) is 17.7 Å². The van der Waals surface area contributed by atoms with E-state index in [0.717, 1.165) is 16.0 Å². The number of esters is 1. The van der Waals surface area contributed by atoms with Crippen LogP contribution in [0.3, 0.4) is 0 Å². The Morgan fingerprint density at radius 3 is 1.98 bits per heavy atom. The zero-order chi connectivity index (χ0) is 46.2. The molecule has 1 heterocycles. The van der Waals surface area contributed by atoms with Crippen molar-refractivity contribution in [3.05, 3.63) is 113 Å². The zero-order valence-electron chi connectivity index (χ0n) is 36.3. The van der Waals surface area contributed by atoms with Crippen LogP contribution in [0.25, 0.3) is 11.1 Å². The van der Waals surface area contributed by atoms with Crippen LogP contribution in [0.2, 0.25) is 0 Å². The van der Waals surface area contributed by atoms with E-state index in [0.29, 0.717) is 28.0 Å². The van der Waals surface area contributed by atoms with E-state index in [-0.39, 0.29) is 57.3 Å². The quantitative estimate of drug-likeness (QED) is 0.0616. The van der Waals surface area contributed by atoms with Crippen molar-refractivity contribution in [1.82, 2.24) is 26.2 Å². The van der Waals surface area contributed by atoms with Gasteiger partial charge in [-0.1, -0.05) is 66.7 Å². The highest BCUT2D eigenvalue weighted by Crippen LogP contribution is 2.44. The predicted molar refractivity (Wildman–Crippen MR) is 233 cm³/mol. The Hall–Kier alpha value is -7.34. The summed E-state index contributed by atoms with van der Waals surface area (Å²) in [6.45, 7) is 1.56. The number of methoxy groups -OCH3 is 3. The number of alkyl carbamates (subject to hydrolysis) is 2. The van der Waals surface area contributed by atoms with Crippen molar-refractivity contribution in [3.8, 4) is 28.4 Å². The molecule has 1 aliphatic heterocycles. The van der Waals surface area contributed by atoms with Crippen molar-refractivity contribution in [3.63, 3.8) is 0 Å². The third kappa shape index (κ3) is 12.9. The summed E-state index contributed by atoms with van der Waals surface area (Å²) in [4.78, 5) is 81.0. The number of likely N-dealkylation sites (N-methyl/N-ethyl adjacent to an activating group) is 1. The molecule has 0 fully saturated rings. The van der Waals surface area contributed by atoms with Gasteiger partial charge >= 0.3 is 18.2 Å². The first-order valence-electron chi connectivity index (χ1n) is 20.4. The first kappa shape index (κ1) is 47.7. The molecular weight excluding hydrogens is 829 g/mol. The summed E-state index contributed by atoms with van der Waals surface area (Å²) in [6, 6.07) is 21.6. The Balaban J connectivity index is 1.44. The van der Waals surface area contributed by atoms with E-state index in [1.807, 2.05) is 60.7 Å².